The number of nitrogens with zero attached hydrogens (tertiary/aromatic N) is 2. The number of hydrogen-bond acceptors (Lipinski definition) is 7. The molecule has 2 aromatic rings. The Morgan fingerprint density at radius 1 is 1.22 bits per heavy atom. The lowest BCUT2D eigenvalue weighted by molar-refractivity contribution is -0.384. The van der Waals surface area contributed by atoms with Crippen LogP contribution in [-0.2, 0) is 4.79 Å². The average Bonchev–Trinajstić information content (AvgIpc) is 2.71. The standard InChI is InChI=1S/C23H26N4O4S/c1-4-5-10-32-22-25-20-19(21(29)26-22)17(13-6-8-14(9-7-13)27(30)31)18-15(24-20)11-23(2,3)12-16(18)28/h6-9,17H,4-5,10-12H2,1-3H3,(H2,24,25,26,29). The van der Waals surface area contributed by atoms with Crippen molar-refractivity contribution in [3.63, 3.8) is 0 Å². The monoisotopic (exact) mass is 454 g/mol. The van der Waals surface area contributed by atoms with E-state index in [4.69, 9.17) is 0 Å². The Balaban J connectivity index is 1.85. The van der Waals surface area contributed by atoms with E-state index < -0.39 is 10.8 Å². The largest absolute Gasteiger partial charge is 0.343 e. The molecule has 8 nitrogen and oxygen atoms in total. The fraction of sp³-hybridized carbons (Fsp3) is 0.435. The smallest absolute Gasteiger partial charge is 0.269 e. The highest BCUT2D eigenvalue weighted by Gasteiger charge is 2.42. The molecule has 2 N–H and O–H groups in total. The van der Waals surface area contributed by atoms with Gasteiger partial charge in [0.2, 0.25) is 0 Å². The highest BCUT2D eigenvalue weighted by molar-refractivity contribution is 7.99. The number of unbranched alkanes of at least 4 members (excludes halogenated alkanes) is 1. The molecule has 9 heteroatoms. The highest BCUT2D eigenvalue weighted by Crippen LogP contribution is 2.47. The quantitative estimate of drug-likeness (QED) is 0.212. The van der Waals surface area contributed by atoms with Gasteiger partial charge < -0.3 is 10.3 Å². The summed E-state index contributed by atoms with van der Waals surface area (Å²) in [4.78, 5) is 44.6. The van der Waals surface area contributed by atoms with Crippen molar-refractivity contribution in [3.8, 4) is 0 Å². The Morgan fingerprint density at radius 2 is 1.94 bits per heavy atom. The lowest BCUT2D eigenvalue weighted by Gasteiger charge is -2.38. The number of ketones is 1. The zero-order chi connectivity index (χ0) is 23.0. The minimum Gasteiger partial charge on any atom is -0.343 e. The van der Waals surface area contributed by atoms with Gasteiger partial charge in [0.1, 0.15) is 5.82 Å². The van der Waals surface area contributed by atoms with Crippen molar-refractivity contribution < 1.29 is 9.72 Å². The first-order chi connectivity index (χ1) is 15.2. The number of carbonyl (C=O) groups excluding carboxylic acids is 1. The fourth-order valence-electron chi connectivity index (χ4n) is 4.40. The number of carbonyl (C=O) groups is 1. The molecule has 168 valence electrons. The number of thioether (sulfide) groups is 1. The predicted molar refractivity (Wildman–Crippen MR) is 124 cm³/mol. The Hall–Kier alpha value is -2.94. The zero-order valence-corrected chi connectivity index (χ0v) is 19.2. The van der Waals surface area contributed by atoms with Crippen LogP contribution in [0.2, 0.25) is 0 Å². The Labute approximate surface area is 190 Å². The van der Waals surface area contributed by atoms with Crippen molar-refractivity contribution in [2.45, 2.75) is 57.5 Å². The third kappa shape index (κ3) is 4.21. The van der Waals surface area contributed by atoms with Crippen LogP contribution < -0.4 is 10.9 Å². The molecular weight excluding hydrogens is 428 g/mol. The number of hydrogen-bond donors (Lipinski definition) is 2. The van der Waals surface area contributed by atoms with Gasteiger partial charge in [-0.05, 0) is 23.8 Å². The summed E-state index contributed by atoms with van der Waals surface area (Å²) in [7, 11) is 0. The van der Waals surface area contributed by atoms with E-state index in [1.807, 2.05) is 13.8 Å². The normalized spacial score (nSPS) is 19.2. The van der Waals surface area contributed by atoms with Crippen LogP contribution in [0.5, 0.6) is 0 Å². The number of rotatable bonds is 6. The number of nitro groups is 1. The summed E-state index contributed by atoms with van der Waals surface area (Å²) in [5.74, 6) is 0.680. The molecule has 32 heavy (non-hydrogen) atoms. The van der Waals surface area contributed by atoms with Gasteiger partial charge in [0.05, 0.1) is 10.5 Å². The Bertz CT molecular complexity index is 1170. The van der Waals surface area contributed by atoms with E-state index in [2.05, 4.69) is 22.2 Å². The van der Waals surface area contributed by atoms with Crippen molar-refractivity contribution in [1.29, 1.82) is 0 Å². The van der Waals surface area contributed by atoms with Crippen LogP contribution in [0.1, 0.15) is 63.5 Å². The molecule has 2 aliphatic rings. The molecule has 0 saturated heterocycles. The van der Waals surface area contributed by atoms with Gasteiger partial charge in [-0.2, -0.15) is 0 Å². The van der Waals surface area contributed by atoms with E-state index in [0.29, 0.717) is 40.5 Å². The molecule has 0 fully saturated rings. The van der Waals surface area contributed by atoms with Crippen molar-refractivity contribution in [1.82, 2.24) is 9.97 Å². The number of fused-ring (bicyclic) bond motifs is 1. The summed E-state index contributed by atoms with van der Waals surface area (Å²) in [5, 5.41) is 14.9. The lowest BCUT2D eigenvalue weighted by atomic mass is 9.69. The predicted octanol–water partition coefficient (Wildman–Crippen LogP) is 4.77. The summed E-state index contributed by atoms with van der Waals surface area (Å²) >= 11 is 1.50. The summed E-state index contributed by atoms with van der Waals surface area (Å²) in [6.45, 7) is 6.20. The minimum absolute atomic E-state index is 0.0152. The molecule has 1 aromatic heterocycles. The molecule has 0 amide bonds. The number of aromatic nitrogens is 2. The molecule has 1 aromatic carbocycles. The summed E-state index contributed by atoms with van der Waals surface area (Å²) in [6, 6.07) is 6.06. The number of non-ortho nitro benzene ring substituents is 1. The third-order valence-corrected chi connectivity index (χ3v) is 6.83. The van der Waals surface area contributed by atoms with E-state index in [1.54, 1.807) is 12.1 Å². The zero-order valence-electron chi connectivity index (χ0n) is 18.4. The van der Waals surface area contributed by atoms with Gasteiger partial charge in [-0.15, -0.1) is 0 Å². The van der Waals surface area contributed by atoms with E-state index in [0.717, 1.165) is 24.3 Å². The number of Topliss-reactive ketones (excluding diaryl/α,β-unsaturated/α-hetero) is 1. The van der Waals surface area contributed by atoms with Gasteiger partial charge in [0.15, 0.2) is 10.9 Å². The van der Waals surface area contributed by atoms with Crippen LogP contribution in [-0.4, -0.2) is 26.4 Å². The summed E-state index contributed by atoms with van der Waals surface area (Å²) < 4.78 is 0. The number of H-pyrrole nitrogens is 1. The maximum absolute atomic E-state index is 13.2. The topological polar surface area (TPSA) is 118 Å². The molecule has 0 bridgehead atoms. The highest BCUT2D eigenvalue weighted by atomic mass is 32.2. The summed E-state index contributed by atoms with van der Waals surface area (Å²) in [5.41, 5.74) is 1.84. The second-order valence-corrected chi connectivity index (χ2v) is 10.2. The van der Waals surface area contributed by atoms with Crippen LogP contribution >= 0.6 is 11.8 Å². The number of allylic oxidation sites excluding steroid dienone is 2. The molecule has 1 atom stereocenters. The number of anilines is 1. The Morgan fingerprint density at radius 3 is 2.59 bits per heavy atom. The number of nitrogens with one attached hydrogen (secondary N) is 2. The molecule has 1 unspecified atom stereocenters. The van der Waals surface area contributed by atoms with Gasteiger partial charge in [-0.25, -0.2) is 4.98 Å². The van der Waals surface area contributed by atoms with Crippen LogP contribution in [0.15, 0.2) is 45.5 Å². The van der Waals surface area contributed by atoms with Gasteiger partial charge >= 0.3 is 0 Å². The molecule has 1 aliphatic carbocycles. The van der Waals surface area contributed by atoms with Crippen molar-refractivity contribution in [2.75, 3.05) is 11.1 Å². The van der Waals surface area contributed by atoms with Gasteiger partial charge in [-0.1, -0.05) is 51.1 Å². The second-order valence-electron chi connectivity index (χ2n) is 9.08. The minimum atomic E-state index is -0.614. The van der Waals surface area contributed by atoms with Crippen LogP contribution in [0.3, 0.4) is 0 Å². The van der Waals surface area contributed by atoms with E-state index >= 15 is 0 Å². The van der Waals surface area contributed by atoms with Crippen LogP contribution in [0, 0.1) is 15.5 Å². The third-order valence-electron chi connectivity index (χ3n) is 5.87. The molecular formula is C23H26N4O4S. The van der Waals surface area contributed by atoms with Crippen LogP contribution in [0.25, 0.3) is 0 Å². The number of benzene rings is 1. The fourth-order valence-corrected chi connectivity index (χ4v) is 5.34. The van der Waals surface area contributed by atoms with Gasteiger partial charge in [0.25, 0.3) is 11.2 Å². The first-order valence-corrected chi connectivity index (χ1v) is 11.7. The van der Waals surface area contributed by atoms with Gasteiger partial charge in [-0.3, -0.25) is 19.7 Å². The van der Waals surface area contributed by atoms with Crippen molar-refractivity contribution in [3.05, 3.63) is 67.1 Å². The number of nitro benzene ring substituents is 1. The average molecular weight is 455 g/mol. The van der Waals surface area contributed by atoms with E-state index in [1.165, 1.54) is 23.9 Å². The second kappa shape index (κ2) is 8.54. The molecule has 0 radical (unpaired) electrons. The SMILES string of the molecule is CCCCSc1nc2c(c(=O)[nH]1)C(c1ccc([N+](=O)[O-])cc1)C1=C(CC(C)(C)CC1=O)N2. The first kappa shape index (κ1) is 22.3. The summed E-state index contributed by atoms with van der Waals surface area (Å²) in [6.07, 6.45) is 3.10. The molecule has 2 heterocycles. The maximum Gasteiger partial charge on any atom is 0.269 e. The number of aromatic amines is 1. The molecule has 0 spiro atoms. The van der Waals surface area contributed by atoms with Crippen LogP contribution in [0.4, 0.5) is 11.5 Å². The van der Waals surface area contributed by atoms with E-state index in [-0.39, 0.29) is 22.4 Å². The molecule has 0 saturated carbocycles. The Kier molecular flexibility index (Phi) is 5.94. The van der Waals surface area contributed by atoms with E-state index in [9.17, 15) is 19.7 Å². The van der Waals surface area contributed by atoms with Crippen molar-refractivity contribution >= 4 is 29.1 Å². The van der Waals surface area contributed by atoms with Crippen molar-refractivity contribution in [2.24, 2.45) is 5.41 Å². The first-order valence-electron chi connectivity index (χ1n) is 10.7. The molecule has 4 rings (SSSR count). The lowest BCUT2D eigenvalue weighted by Crippen LogP contribution is -2.37. The maximum atomic E-state index is 13.2. The molecule has 1 aliphatic heterocycles. The van der Waals surface area contributed by atoms with Gasteiger partial charge in [0, 0.05) is 41.5 Å².